The van der Waals surface area contributed by atoms with Crippen molar-refractivity contribution in [2.24, 2.45) is 10.7 Å². The summed E-state index contributed by atoms with van der Waals surface area (Å²) in [5.74, 6) is 4.80. The van der Waals surface area contributed by atoms with E-state index in [9.17, 15) is 5.41 Å². The van der Waals surface area contributed by atoms with Crippen molar-refractivity contribution in [2.45, 2.75) is 374 Å². The Morgan fingerprint density at radius 1 is 0.393 bits per heavy atom. The van der Waals surface area contributed by atoms with Crippen LogP contribution in [0.3, 0.4) is 0 Å². The van der Waals surface area contributed by atoms with Crippen LogP contribution in [0.5, 0.6) is 0 Å². The van der Waals surface area contributed by atoms with Crippen LogP contribution in [0.15, 0.2) is 4.99 Å². The maximum atomic E-state index is 10.4. The van der Waals surface area contributed by atoms with E-state index in [0.717, 1.165) is 160 Å². The van der Waals surface area contributed by atoms with E-state index < -0.39 is 11.1 Å². The Hall–Kier alpha value is -4.44. The third kappa shape index (κ3) is 22.9. The van der Waals surface area contributed by atoms with Gasteiger partial charge in [-0.2, -0.15) is 55.1 Å². The number of nitrogens with zero attached hydrogens (tertiary/aromatic N) is 19. The Labute approximate surface area is 652 Å². The van der Waals surface area contributed by atoms with Gasteiger partial charge in [0, 0.05) is 138 Å². The average molecular weight is 1500 g/mol. The first-order chi connectivity index (χ1) is 49.5. The minimum Gasteiger partial charge on any atom is -0.385 e. The van der Waals surface area contributed by atoms with E-state index in [4.69, 9.17) is 60.0 Å². The number of aromatic nitrogens is 6. The largest absolute Gasteiger partial charge is 0.385 e. The molecule has 0 aromatic carbocycles. The van der Waals surface area contributed by atoms with Crippen molar-refractivity contribution >= 4 is 41.5 Å². The number of piperidine rings is 4. The van der Waals surface area contributed by atoms with Crippen LogP contribution in [-0.4, -0.2) is 260 Å². The predicted octanol–water partition coefficient (Wildman–Crippen LogP) is 14.6. The second kappa shape index (κ2) is 37.0. The zero-order valence-corrected chi connectivity index (χ0v) is 74.3. The molecule has 3 N–H and O–H groups in total. The molecule has 0 atom stereocenters. The summed E-state index contributed by atoms with van der Waals surface area (Å²) in [6, 6.07) is 0.558. The minimum atomic E-state index is -0.719. The van der Waals surface area contributed by atoms with Gasteiger partial charge in [0.25, 0.3) is 0 Å². The topological polar surface area (TPSA) is 215 Å². The maximum Gasteiger partial charge on any atom is 0.232 e. The normalized spacial score (nSPS) is 21.2. The van der Waals surface area contributed by atoms with Gasteiger partial charge in [-0.15, -0.1) is 0 Å². The number of amidine groups is 1. The third-order valence-electron chi connectivity index (χ3n) is 23.0. The van der Waals surface area contributed by atoms with Gasteiger partial charge in [-0.05, 0) is 254 Å². The molecule has 0 spiro atoms. The lowest BCUT2D eigenvalue weighted by Crippen LogP contribution is -2.67. The molecule has 0 aliphatic carbocycles. The number of hydroxylamine groups is 8. The molecule has 0 saturated carbocycles. The molecule has 4 aliphatic rings. The van der Waals surface area contributed by atoms with Crippen molar-refractivity contribution in [3.8, 4) is 0 Å². The fourth-order valence-corrected chi connectivity index (χ4v) is 18.9. The fourth-order valence-electron chi connectivity index (χ4n) is 18.9. The first-order valence-corrected chi connectivity index (χ1v) is 41.4. The Balaban J connectivity index is 1.31. The summed E-state index contributed by atoms with van der Waals surface area (Å²) in [6.45, 7) is 61.0. The van der Waals surface area contributed by atoms with Crippen molar-refractivity contribution in [1.29, 1.82) is 5.41 Å². The van der Waals surface area contributed by atoms with Crippen LogP contribution in [0.1, 0.15) is 300 Å². The highest BCUT2D eigenvalue weighted by Crippen LogP contribution is 2.48. The number of hydrogen-bond donors (Lipinski definition) is 2. The van der Waals surface area contributed by atoms with Gasteiger partial charge in [0.05, 0.1) is 37.5 Å². The number of nitrogens with two attached hydrogens (primary N) is 1. The number of aliphatic imine (C=N–C) groups is 1. The zero-order valence-electron chi connectivity index (χ0n) is 74.3. The monoisotopic (exact) mass is 1500 g/mol. The van der Waals surface area contributed by atoms with Crippen molar-refractivity contribution in [2.75, 3.05) is 133 Å². The lowest BCUT2D eigenvalue weighted by Gasteiger charge is -2.57. The molecule has 0 amide bonds. The molecule has 4 aliphatic heterocycles. The molecule has 0 radical (unpaired) electrons. The molecule has 107 heavy (non-hydrogen) atoms. The summed E-state index contributed by atoms with van der Waals surface area (Å²) in [7, 11) is 16.0. The van der Waals surface area contributed by atoms with Crippen LogP contribution >= 0.6 is 0 Å². The highest BCUT2D eigenvalue weighted by atomic mass is 16.7. The Morgan fingerprint density at radius 3 is 0.991 bits per heavy atom. The Morgan fingerprint density at radius 2 is 0.664 bits per heavy atom. The lowest BCUT2D eigenvalue weighted by atomic mass is 9.77. The number of anilines is 5. The molecule has 25 nitrogen and oxygen atoms in total. The van der Waals surface area contributed by atoms with Gasteiger partial charge >= 0.3 is 0 Å². The SMILES string of the molecule is CCCON1C(C)(C)CC(N(CCCCCCN(C2CC(C)(C)N(OCCC)C(C)(C)C2)C(C)(C)c2nc(N(C)C)nc(N(C)C)n2)C(=N)N=C(N)C(C)(C)N(CCCCCCN(c2nc(N(C)C)nc(N(C)C)n2)C2CC(C)(C)N(OCCC)C(C)(C)C2)C2CC(C)(C)N(OCCC)C(C)(C)C2)CC1(C)C. The third-order valence-corrected chi connectivity index (χ3v) is 23.0. The van der Waals surface area contributed by atoms with Gasteiger partial charge in [-0.1, -0.05) is 53.4 Å². The summed E-state index contributed by atoms with van der Waals surface area (Å²) in [5, 5.41) is 19.5. The Bertz CT molecular complexity index is 3000. The minimum absolute atomic E-state index is 0.0187. The molecular weight excluding hydrogens is 1340 g/mol. The standard InChI is InChI=1S/C82H159N21O4/c1-33-49-104-100-73(5,6)53-61(54-74(100,7)8)96(45-41-37-39-44-48-99(64-59-79(17,18)103(107-52-36-4)80(19,20)60-64)82(23,24)66-86-68(92(25)26)88-69(87-66)93(27)28)67(84)85-65(83)81(21,22)98(63-57-77(13,14)102(106-51-35-3)78(15,16)58-63)47-43-40-38-42-46-97(72-90-70(94(29)30)89-71(91-72)95(31)32)62-55-75(9,10)101(105-50-34-2)76(11,12)56-62/h61-64H,33-60H2,1-32H3,(H3,83,84,85). The second-order valence-corrected chi connectivity index (χ2v) is 38.9. The molecule has 6 rings (SSSR count). The number of hydrogen-bond acceptors (Lipinski definition) is 22. The van der Waals surface area contributed by atoms with Gasteiger partial charge in [0.2, 0.25) is 35.7 Å². The van der Waals surface area contributed by atoms with Gasteiger partial charge in [0.1, 0.15) is 5.84 Å². The molecule has 2 aromatic heterocycles. The first kappa shape index (κ1) is 91.4. The van der Waals surface area contributed by atoms with E-state index in [2.05, 4.69) is 206 Å². The van der Waals surface area contributed by atoms with Crippen LogP contribution in [0, 0.1) is 5.41 Å². The van der Waals surface area contributed by atoms with E-state index in [1.807, 2.05) is 76.0 Å². The smallest absolute Gasteiger partial charge is 0.232 e. The predicted molar refractivity (Wildman–Crippen MR) is 445 cm³/mol. The molecule has 2 aromatic rings. The zero-order chi connectivity index (χ0) is 80.4. The fraction of sp³-hybridized carbons (Fsp3) is 0.902. The summed E-state index contributed by atoms with van der Waals surface area (Å²) in [5.41, 5.74) is 4.31. The lowest BCUT2D eigenvalue weighted by molar-refractivity contribution is -0.290. The van der Waals surface area contributed by atoms with Crippen LogP contribution in [-0.2, 0) is 24.9 Å². The summed E-state index contributed by atoms with van der Waals surface area (Å²) in [4.78, 5) is 80.4. The van der Waals surface area contributed by atoms with E-state index in [1.54, 1.807) is 0 Å². The van der Waals surface area contributed by atoms with Gasteiger partial charge in [-0.25, -0.2) is 0 Å². The highest BCUT2D eigenvalue weighted by Gasteiger charge is 2.55. The average Bonchev–Trinajstić information content (AvgIpc) is 0.761. The van der Waals surface area contributed by atoms with Crippen LogP contribution < -0.4 is 30.2 Å². The summed E-state index contributed by atoms with van der Waals surface area (Å²) < 4.78 is 0. The van der Waals surface area contributed by atoms with E-state index in [0.29, 0.717) is 62.6 Å². The second-order valence-electron chi connectivity index (χ2n) is 38.9. The van der Waals surface area contributed by atoms with Crippen molar-refractivity contribution in [1.82, 2.24) is 64.9 Å². The van der Waals surface area contributed by atoms with Gasteiger partial charge in [-0.3, -0.25) is 34.6 Å². The summed E-state index contributed by atoms with van der Waals surface area (Å²) >= 11 is 0. The Kier molecular flexibility index (Phi) is 31.6. The van der Waals surface area contributed by atoms with Crippen molar-refractivity contribution in [3.05, 3.63) is 5.82 Å². The van der Waals surface area contributed by atoms with Gasteiger partial charge < -0.3 is 35.1 Å². The van der Waals surface area contributed by atoms with Crippen LogP contribution in [0.25, 0.3) is 0 Å². The first-order valence-electron chi connectivity index (χ1n) is 41.4. The quantitative estimate of drug-likeness (QED) is 0.0361. The number of guanidine groups is 1. The summed E-state index contributed by atoms with van der Waals surface area (Å²) in [6.07, 6.45) is 18.7. The molecule has 0 bridgehead atoms. The highest BCUT2D eigenvalue weighted by molar-refractivity contribution is 5.98. The van der Waals surface area contributed by atoms with Gasteiger partial charge in [0.15, 0.2) is 5.82 Å². The molecule has 6 heterocycles. The molecule has 4 saturated heterocycles. The van der Waals surface area contributed by atoms with Crippen LogP contribution in [0.4, 0.5) is 29.7 Å². The molecule has 25 heteroatoms. The number of nitrogens with one attached hydrogen (secondary N) is 1. The molecule has 0 unspecified atom stereocenters. The molecule has 4 fully saturated rings. The number of unbranched alkanes of at least 4 members (excludes halogenated alkanes) is 6. The van der Waals surface area contributed by atoms with Crippen molar-refractivity contribution in [3.63, 3.8) is 0 Å². The van der Waals surface area contributed by atoms with Crippen LogP contribution in [0.2, 0.25) is 0 Å². The molecular formula is C82H159N21O4. The van der Waals surface area contributed by atoms with E-state index in [-0.39, 0.29) is 74.4 Å². The van der Waals surface area contributed by atoms with E-state index in [1.165, 1.54) is 0 Å². The maximum absolute atomic E-state index is 10.4. The number of rotatable bonds is 39. The van der Waals surface area contributed by atoms with Crippen molar-refractivity contribution < 1.29 is 19.4 Å². The molecule has 616 valence electrons. The van der Waals surface area contributed by atoms with E-state index >= 15 is 0 Å².